The van der Waals surface area contributed by atoms with Crippen LogP contribution >= 0.6 is 0 Å². The van der Waals surface area contributed by atoms with E-state index in [2.05, 4.69) is 10.6 Å². The molecule has 2 amide bonds. The van der Waals surface area contributed by atoms with Gasteiger partial charge in [0.25, 0.3) is 0 Å². The van der Waals surface area contributed by atoms with Gasteiger partial charge in [-0.25, -0.2) is 0 Å². The van der Waals surface area contributed by atoms with Crippen LogP contribution in [0.1, 0.15) is 26.3 Å². The molecule has 1 aromatic carbocycles. The lowest BCUT2D eigenvalue weighted by Crippen LogP contribution is -2.46. The molecule has 7 heteroatoms. The molecular weight excluding hydrogens is 310 g/mol. The van der Waals surface area contributed by atoms with Crippen LogP contribution in [0.15, 0.2) is 24.3 Å². The van der Waals surface area contributed by atoms with E-state index in [-0.39, 0.29) is 31.4 Å². The lowest BCUT2D eigenvalue weighted by atomic mass is 10.1. The zero-order valence-corrected chi connectivity index (χ0v) is 14.3. The lowest BCUT2D eigenvalue weighted by molar-refractivity contribution is -0.142. The Bertz CT molecular complexity index is 572. The van der Waals surface area contributed by atoms with Gasteiger partial charge in [0.1, 0.15) is 6.04 Å². The molecule has 0 spiro atoms. The van der Waals surface area contributed by atoms with Crippen molar-refractivity contribution in [3.63, 3.8) is 0 Å². The summed E-state index contributed by atoms with van der Waals surface area (Å²) in [5, 5.41) is 14.5. The third-order valence-corrected chi connectivity index (χ3v) is 3.67. The fourth-order valence-electron chi connectivity index (χ4n) is 2.15. The summed E-state index contributed by atoms with van der Waals surface area (Å²) in [4.78, 5) is 35.8. The predicted molar refractivity (Wildman–Crippen MR) is 91.8 cm³/mol. The van der Waals surface area contributed by atoms with Crippen LogP contribution < -0.4 is 10.6 Å². The summed E-state index contributed by atoms with van der Waals surface area (Å²) in [5.74, 6) is -1.51. The average Bonchev–Trinajstić information content (AvgIpc) is 2.53. The molecule has 0 aliphatic rings. The smallest absolute Gasteiger partial charge is 0.320 e. The molecule has 0 fully saturated rings. The largest absolute Gasteiger partial charge is 0.480 e. The van der Waals surface area contributed by atoms with Crippen molar-refractivity contribution in [3.05, 3.63) is 29.8 Å². The number of nitrogens with zero attached hydrogens (tertiary/aromatic N) is 1. The van der Waals surface area contributed by atoms with Crippen molar-refractivity contribution < 1.29 is 19.5 Å². The summed E-state index contributed by atoms with van der Waals surface area (Å²) in [6.07, 6.45) is 0.918. The number of carbonyl (C=O) groups excluding carboxylic acids is 2. The van der Waals surface area contributed by atoms with Crippen molar-refractivity contribution in [1.82, 2.24) is 10.2 Å². The Morgan fingerprint density at radius 3 is 2.33 bits per heavy atom. The molecule has 0 aliphatic heterocycles. The summed E-state index contributed by atoms with van der Waals surface area (Å²) in [7, 11) is 0. The number of benzene rings is 1. The summed E-state index contributed by atoms with van der Waals surface area (Å²) >= 11 is 0. The summed E-state index contributed by atoms with van der Waals surface area (Å²) in [5.41, 5.74) is 1.84. The Hall–Kier alpha value is -2.41. The normalized spacial score (nSPS) is 11.8. The number of carboxylic acids is 1. The van der Waals surface area contributed by atoms with Crippen molar-refractivity contribution in [1.29, 1.82) is 0 Å². The zero-order chi connectivity index (χ0) is 18.1. The fraction of sp³-hybridized carbons (Fsp3) is 0.471. The number of nitrogens with one attached hydrogen (secondary N) is 2. The van der Waals surface area contributed by atoms with Crippen LogP contribution in [0, 0.1) is 0 Å². The minimum Gasteiger partial charge on any atom is -0.480 e. The number of anilines is 1. The number of rotatable bonds is 9. The molecule has 0 saturated heterocycles. The Morgan fingerprint density at radius 2 is 1.83 bits per heavy atom. The molecule has 1 atom stereocenters. The van der Waals surface area contributed by atoms with Crippen LogP contribution in [0.2, 0.25) is 0 Å². The number of aryl methyl sites for hydroxylation is 1. The van der Waals surface area contributed by atoms with Gasteiger partial charge in [0.15, 0.2) is 0 Å². The van der Waals surface area contributed by atoms with Crippen LogP contribution in [0.3, 0.4) is 0 Å². The molecule has 132 valence electrons. The monoisotopic (exact) mass is 335 g/mol. The van der Waals surface area contributed by atoms with E-state index in [1.54, 1.807) is 0 Å². The molecule has 3 N–H and O–H groups in total. The average molecular weight is 335 g/mol. The second-order valence-corrected chi connectivity index (χ2v) is 5.57. The van der Waals surface area contributed by atoms with E-state index < -0.39 is 12.0 Å². The van der Waals surface area contributed by atoms with E-state index in [9.17, 15) is 14.4 Å². The quantitative estimate of drug-likeness (QED) is 0.628. The summed E-state index contributed by atoms with van der Waals surface area (Å²) < 4.78 is 0. The summed E-state index contributed by atoms with van der Waals surface area (Å²) in [6, 6.07) is 6.68. The Kier molecular flexibility index (Phi) is 7.91. The maximum absolute atomic E-state index is 12.2. The number of carbonyl (C=O) groups is 3. The molecule has 1 rings (SSSR count). The van der Waals surface area contributed by atoms with Gasteiger partial charge in [0.2, 0.25) is 11.8 Å². The molecule has 0 saturated carbocycles. The first-order valence-electron chi connectivity index (χ1n) is 7.93. The van der Waals surface area contributed by atoms with Gasteiger partial charge in [-0.15, -0.1) is 0 Å². The third-order valence-electron chi connectivity index (χ3n) is 3.67. The molecule has 0 aromatic heterocycles. The summed E-state index contributed by atoms with van der Waals surface area (Å²) in [6.45, 7) is 5.44. The van der Waals surface area contributed by atoms with Gasteiger partial charge in [-0.3, -0.25) is 19.3 Å². The molecular formula is C17H25N3O4. The van der Waals surface area contributed by atoms with Crippen molar-refractivity contribution in [2.24, 2.45) is 0 Å². The first-order chi connectivity index (χ1) is 11.3. The Balaban J connectivity index is 2.63. The van der Waals surface area contributed by atoms with Gasteiger partial charge in [-0.2, -0.15) is 0 Å². The molecule has 1 unspecified atom stereocenters. The molecule has 0 heterocycles. The minimum atomic E-state index is -1.02. The number of hydrogen-bond acceptors (Lipinski definition) is 4. The lowest BCUT2D eigenvalue weighted by Gasteiger charge is -2.25. The highest BCUT2D eigenvalue weighted by molar-refractivity contribution is 5.92. The highest BCUT2D eigenvalue weighted by Gasteiger charge is 2.22. The van der Waals surface area contributed by atoms with Crippen LogP contribution in [-0.4, -0.2) is 53.5 Å². The van der Waals surface area contributed by atoms with Crippen LogP contribution in [0.4, 0.5) is 5.69 Å². The standard InChI is InChI=1S/C17H25N3O4/c1-4-14-5-7-15(8-6-14)19-16(22)11-20(12(2)17(23)24)10-9-18-13(3)21/h5-8,12H,4,9-11H2,1-3H3,(H,18,21)(H,19,22)(H,23,24). The molecule has 0 aliphatic carbocycles. The SMILES string of the molecule is CCc1ccc(NC(=O)CN(CCNC(C)=O)C(C)C(=O)O)cc1. The van der Waals surface area contributed by atoms with Gasteiger partial charge in [-0.1, -0.05) is 19.1 Å². The van der Waals surface area contributed by atoms with Crippen LogP contribution in [0.5, 0.6) is 0 Å². The van der Waals surface area contributed by atoms with Gasteiger partial charge in [-0.05, 0) is 31.0 Å². The van der Waals surface area contributed by atoms with E-state index in [0.717, 1.165) is 6.42 Å². The highest BCUT2D eigenvalue weighted by Crippen LogP contribution is 2.10. The maximum atomic E-state index is 12.2. The maximum Gasteiger partial charge on any atom is 0.320 e. The van der Waals surface area contributed by atoms with Gasteiger partial charge >= 0.3 is 5.97 Å². The Labute approximate surface area is 142 Å². The predicted octanol–water partition coefficient (Wildman–Crippen LogP) is 1.10. The van der Waals surface area contributed by atoms with Gasteiger partial charge in [0.05, 0.1) is 6.54 Å². The first kappa shape index (κ1) is 19.6. The van der Waals surface area contributed by atoms with E-state index in [1.807, 2.05) is 31.2 Å². The van der Waals surface area contributed by atoms with Crippen LogP contribution in [-0.2, 0) is 20.8 Å². The van der Waals surface area contributed by atoms with Gasteiger partial charge in [0, 0.05) is 25.7 Å². The molecule has 0 bridgehead atoms. The first-order valence-corrected chi connectivity index (χ1v) is 7.93. The topological polar surface area (TPSA) is 98.7 Å². The molecule has 1 aromatic rings. The number of carboxylic acid groups (broad SMARTS) is 1. The van der Waals surface area contributed by atoms with E-state index >= 15 is 0 Å². The van der Waals surface area contributed by atoms with Gasteiger partial charge < -0.3 is 15.7 Å². The zero-order valence-electron chi connectivity index (χ0n) is 14.3. The highest BCUT2D eigenvalue weighted by atomic mass is 16.4. The second kappa shape index (κ2) is 9.67. The number of amides is 2. The van der Waals surface area contributed by atoms with Crippen molar-refractivity contribution in [3.8, 4) is 0 Å². The number of hydrogen-bond donors (Lipinski definition) is 3. The second-order valence-electron chi connectivity index (χ2n) is 5.57. The number of aliphatic carboxylic acids is 1. The van der Waals surface area contributed by atoms with Crippen molar-refractivity contribution >= 4 is 23.5 Å². The van der Waals surface area contributed by atoms with E-state index in [0.29, 0.717) is 5.69 Å². The fourth-order valence-corrected chi connectivity index (χ4v) is 2.15. The van der Waals surface area contributed by atoms with E-state index in [1.165, 1.54) is 24.3 Å². The third kappa shape index (κ3) is 6.78. The van der Waals surface area contributed by atoms with Crippen molar-refractivity contribution in [2.45, 2.75) is 33.2 Å². The minimum absolute atomic E-state index is 0.0669. The molecule has 0 radical (unpaired) electrons. The molecule has 7 nitrogen and oxygen atoms in total. The van der Waals surface area contributed by atoms with E-state index in [4.69, 9.17) is 5.11 Å². The Morgan fingerprint density at radius 1 is 1.21 bits per heavy atom. The van der Waals surface area contributed by atoms with Crippen molar-refractivity contribution in [2.75, 3.05) is 25.0 Å². The molecule has 24 heavy (non-hydrogen) atoms. The van der Waals surface area contributed by atoms with Crippen LogP contribution in [0.25, 0.3) is 0 Å².